The Morgan fingerprint density at radius 3 is 2.56 bits per heavy atom. The molecule has 0 spiro atoms. The summed E-state index contributed by atoms with van der Waals surface area (Å²) in [6, 6.07) is 8.81. The summed E-state index contributed by atoms with van der Waals surface area (Å²) in [6.07, 6.45) is 2.35. The first kappa shape index (κ1) is 15.0. The molecule has 1 aromatic carbocycles. The van der Waals surface area contributed by atoms with E-state index in [4.69, 9.17) is 4.74 Å². The minimum Gasteiger partial charge on any atom is -0.494 e. The van der Waals surface area contributed by atoms with Gasteiger partial charge in [0, 0.05) is 6.04 Å². The van der Waals surface area contributed by atoms with E-state index in [-0.39, 0.29) is 0 Å². The topological polar surface area (TPSA) is 21.3 Å². The van der Waals surface area contributed by atoms with Crippen molar-refractivity contribution >= 4 is 0 Å². The van der Waals surface area contributed by atoms with E-state index in [1.165, 1.54) is 12.0 Å². The van der Waals surface area contributed by atoms with Crippen LogP contribution in [0.25, 0.3) is 0 Å². The Bertz CT molecular complexity index is 354. The summed E-state index contributed by atoms with van der Waals surface area (Å²) in [4.78, 5) is 0. The van der Waals surface area contributed by atoms with Gasteiger partial charge in [0.2, 0.25) is 0 Å². The Morgan fingerprint density at radius 1 is 1.28 bits per heavy atom. The summed E-state index contributed by atoms with van der Waals surface area (Å²) < 4.78 is 5.56. The fourth-order valence-electron chi connectivity index (χ4n) is 2.04. The smallest absolute Gasteiger partial charge is 0.119 e. The van der Waals surface area contributed by atoms with Crippen LogP contribution in [0.3, 0.4) is 0 Å². The lowest BCUT2D eigenvalue weighted by atomic mass is 9.87. The molecule has 0 aliphatic carbocycles. The van der Waals surface area contributed by atoms with Crippen LogP contribution in [0.15, 0.2) is 24.3 Å². The third-order valence-electron chi connectivity index (χ3n) is 3.10. The van der Waals surface area contributed by atoms with Crippen molar-refractivity contribution in [2.75, 3.05) is 13.7 Å². The van der Waals surface area contributed by atoms with Gasteiger partial charge in [-0.05, 0) is 49.9 Å². The van der Waals surface area contributed by atoms with Crippen molar-refractivity contribution in [2.45, 2.75) is 46.6 Å². The van der Waals surface area contributed by atoms with Crippen LogP contribution < -0.4 is 10.1 Å². The second-order valence-electron chi connectivity index (χ2n) is 5.95. The summed E-state index contributed by atoms with van der Waals surface area (Å²) in [6.45, 7) is 9.60. The van der Waals surface area contributed by atoms with Gasteiger partial charge in [-0.1, -0.05) is 32.9 Å². The molecule has 102 valence electrons. The predicted molar refractivity (Wildman–Crippen MR) is 78.1 cm³/mol. The molecule has 0 fully saturated rings. The zero-order valence-corrected chi connectivity index (χ0v) is 12.4. The quantitative estimate of drug-likeness (QED) is 0.817. The number of hydrogen-bond donors (Lipinski definition) is 1. The lowest BCUT2D eigenvalue weighted by molar-refractivity contribution is 0.332. The first-order valence-electron chi connectivity index (χ1n) is 6.86. The van der Waals surface area contributed by atoms with Crippen LogP contribution in [0, 0.1) is 5.41 Å². The third kappa shape index (κ3) is 5.09. The summed E-state index contributed by atoms with van der Waals surface area (Å²) in [7, 11) is 2.03. The van der Waals surface area contributed by atoms with E-state index in [1.807, 2.05) is 20.0 Å². The maximum Gasteiger partial charge on any atom is 0.119 e. The van der Waals surface area contributed by atoms with Gasteiger partial charge in [-0.15, -0.1) is 0 Å². The highest BCUT2D eigenvalue weighted by Crippen LogP contribution is 2.28. The van der Waals surface area contributed by atoms with Gasteiger partial charge in [0.1, 0.15) is 5.75 Å². The maximum atomic E-state index is 5.56. The molecule has 1 rings (SSSR count). The molecule has 1 unspecified atom stereocenters. The molecule has 0 aliphatic heterocycles. The van der Waals surface area contributed by atoms with Crippen LogP contribution in [0.1, 0.15) is 52.1 Å². The van der Waals surface area contributed by atoms with Gasteiger partial charge < -0.3 is 10.1 Å². The summed E-state index contributed by atoms with van der Waals surface area (Å²) in [5.41, 5.74) is 1.69. The Hall–Kier alpha value is -1.02. The summed E-state index contributed by atoms with van der Waals surface area (Å²) in [5, 5.41) is 3.40. The highest BCUT2D eigenvalue weighted by molar-refractivity contribution is 5.30. The molecule has 0 amide bonds. The zero-order valence-electron chi connectivity index (χ0n) is 12.4. The summed E-state index contributed by atoms with van der Waals surface area (Å²) >= 11 is 0. The second-order valence-corrected chi connectivity index (χ2v) is 5.95. The van der Waals surface area contributed by atoms with Crippen molar-refractivity contribution < 1.29 is 4.74 Å². The Morgan fingerprint density at radius 2 is 2.00 bits per heavy atom. The van der Waals surface area contributed by atoms with Crippen LogP contribution in [0.2, 0.25) is 0 Å². The van der Waals surface area contributed by atoms with Crippen molar-refractivity contribution in [3.8, 4) is 5.75 Å². The standard InChI is InChI=1S/C16H27NO/c1-6-18-14-9-7-8-13(12-14)15(17-5)10-11-16(2,3)4/h7-9,12,15,17H,6,10-11H2,1-5H3. The van der Waals surface area contributed by atoms with E-state index < -0.39 is 0 Å². The van der Waals surface area contributed by atoms with E-state index >= 15 is 0 Å². The fourth-order valence-corrected chi connectivity index (χ4v) is 2.04. The first-order valence-corrected chi connectivity index (χ1v) is 6.86. The first-order chi connectivity index (χ1) is 8.46. The Labute approximate surface area is 112 Å². The van der Waals surface area contributed by atoms with Gasteiger partial charge in [0.05, 0.1) is 6.61 Å². The summed E-state index contributed by atoms with van der Waals surface area (Å²) in [5.74, 6) is 0.964. The lowest BCUT2D eigenvalue weighted by Gasteiger charge is -2.23. The van der Waals surface area contributed by atoms with Crippen LogP contribution in [0.5, 0.6) is 5.75 Å². The number of rotatable bonds is 6. The molecule has 1 N–H and O–H groups in total. The third-order valence-corrected chi connectivity index (χ3v) is 3.10. The molecule has 1 atom stereocenters. The average molecular weight is 249 g/mol. The molecule has 18 heavy (non-hydrogen) atoms. The number of nitrogens with one attached hydrogen (secondary N) is 1. The van der Waals surface area contributed by atoms with Crippen molar-refractivity contribution in [2.24, 2.45) is 5.41 Å². The predicted octanol–water partition coefficient (Wildman–Crippen LogP) is 4.17. The van der Waals surface area contributed by atoms with E-state index in [9.17, 15) is 0 Å². The average Bonchev–Trinajstić information content (AvgIpc) is 2.29. The van der Waals surface area contributed by atoms with Gasteiger partial charge in [-0.2, -0.15) is 0 Å². The molecule has 0 saturated carbocycles. The van der Waals surface area contributed by atoms with Crippen LogP contribution in [0.4, 0.5) is 0 Å². The fraction of sp³-hybridized carbons (Fsp3) is 0.625. The molecule has 0 heterocycles. The van der Waals surface area contributed by atoms with Crippen LogP contribution in [-0.4, -0.2) is 13.7 Å². The van der Waals surface area contributed by atoms with Crippen LogP contribution in [-0.2, 0) is 0 Å². The molecule has 0 aliphatic rings. The second kappa shape index (κ2) is 6.79. The van der Waals surface area contributed by atoms with Gasteiger partial charge in [0.15, 0.2) is 0 Å². The number of ether oxygens (including phenoxy) is 1. The molecule has 0 bridgehead atoms. The van der Waals surface area contributed by atoms with Gasteiger partial charge in [-0.25, -0.2) is 0 Å². The van der Waals surface area contributed by atoms with Gasteiger partial charge in [0.25, 0.3) is 0 Å². The Kier molecular flexibility index (Phi) is 5.67. The largest absolute Gasteiger partial charge is 0.494 e. The minimum absolute atomic E-state index is 0.382. The number of benzene rings is 1. The molecule has 2 heteroatoms. The molecule has 0 radical (unpaired) electrons. The normalized spacial score (nSPS) is 13.4. The van der Waals surface area contributed by atoms with Gasteiger partial charge in [-0.3, -0.25) is 0 Å². The molecular weight excluding hydrogens is 222 g/mol. The highest BCUT2D eigenvalue weighted by atomic mass is 16.5. The monoisotopic (exact) mass is 249 g/mol. The SMILES string of the molecule is CCOc1cccc(C(CCC(C)(C)C)NC)c1. The van der Waals surface area contributed by atoms with E-state index in [0.717, 1.165) is 18.8 Å². The van der Waals surface area contributed by atoms with Gasteiger partial charge >= 0.3 is 0 Å². The lowest BCUT2D eigenvalue weighted by Crippen LogP contribution is -2.19. The molecule has 0 aromatic heterocycles. The van der Waals surface area contributed by atoms with Crippen molar-refractivity contribution in [1.82, 2.24) is 5.32 Å². The maximum absolute atomic E-state index is 5.56. The van der Waals surface area contributed by atoms with Crippen molar-refractivity contribution in [1.29, 1.82) is 0 Å². The van der Waals surface area contributed by atoms with Crippen molar-refractivity contribution in [3.05, 3.63) is 29.8 Å². The molecule has 2 nitrogen and oxygen atoms in total. The zero-order chi connectivity index (χ0) is 13.6. The van der Waals surface area contributed by atoms with E-state index in [2.05, 4.69) is 44.3 Å². The van der Waals surface area contributed by atoms with E-state index in [0.29, 0.717) is 11.5 Å². The van der Waals surface area contributed by atoms with Crippen molar-refractivity contribution in [3.63, 3.8) is 0 Å². The molecule has 1 aromatic rings. The molecule has 0 saturated heterocycles. The number of hydrogen-bond acceptors (Lipinski definition) is 2. The van der Waals surface area contributed by atoms with Crippen LogP contribution >= 0.6 is 0 Å². The molecular formula is C16H27NO. The highest BCUT2D eigenvalue weighted by Gasteiger charge is 2.15. The Balaban J connectivity index is 2.72. The minimum atomic E-state index is 0.382. The van der Waals surface area contributed by atoms with E-state index in [1.54, 1.807) is 0 Å².